The highest BCUT2D eigenvalue weighted by atomic mass is 16.5. The number of aryl methyl sites for hydroxylation is 1. The Balaban J connectivity index is 0.680. The number of likely N-dealkylation sites (tertiary alicyclic amines) is 1. The number of oxazole rings is 2. The SMILES string of the molecule is CN1CC2CN(c3nc4nc(NCCO)oc4cc3C(=O)Nc3cccc(-c4cnn(COCCNc5nc6nc(N7CC8(CCOC8)C7)c(C(=O)Nc7cccc(-c8cnn(C)c8)n7)cc6o5)c4)n3)CC2C1. The molecular weight excluding hydrogens is 939 g/mol. The molecule has 0 saturated carbocycles. The molecule has 0 aromatic carbocycles. The third kappa shape index (κ3) is 9.47. The number of rotatable bonds is 17. The Kier molecular flexibility index (Phi) is 12.1. The van der Waals surface area contributed by atoms with Gasteiger partial charge < -0.3 is 59.4 Å². The van der Waals surface area contributed by atoms with Crippen LogP contribution < -0.4 is 31.1 Å². The third-order valence-corrected chi connectivity index (χ3v) is 13.8. The summed E-state index contributed by atoms with van der Waals surface area (Å²) in [5.41, 5.74) is 5.03. The van der Waals surface area contributed by atoms with Gasteiger partial charge in [0.05, 0.1) is 54.7 Å². The third-order valence-electron chi connectivity index (χ3n) is 13.8. The van der Waals surface area contributed by atoms with Crippen LogP contribution in [0.2, 0.25) is 0 Å². The fourth-order valence-corrected chi connectivity index (χ4v) is 10.3. The Morgan fingerprint density at radius 2 is 1.34 bits per heavy atom. The first-order chi connectivity index (χ1) is 35.6. The molecule has 376 valence electrons. The molecule has 73 heavy (non-hydrogen) atoms. The Hall–Kier alpha value is -8.06. The zero-order valence-corrected chi connectivity index (χ0v) is 40.2. The van der Waals surface area contributed by atoms with Gasteiger partial charge in [0.15, 0.2) is 11.2 Å². The number of hydrogen-bond acceptors (Lipinski definition) is 20. The molecule has 24 heteroatoms. The maximum absolute atomic E-state index is 14.1. The molecule has 1 spiro atoms. The van der Waals surface area contributed by atoms with Crippen molar-refractivity contribution in [2.75, 3.05) is 117 Å². The van der Waals surface area contributed by atoms with Crippen molar-refractivity contribution in [3.8, 4) is 22.5 Å². The van der Waals surface area contributed by atoms with Crippen LogP contribution in [-0.2, 0) is 23.3 Å². The smallest absolute Gasteiger partial charge is 0.297 e. The van der Waals surface area contributed by atoms with Crippen molar-refractivity contribution < 1.29 is 33.0 Å². The van der Waals surface area contributed by atoms with Crippen molar-refractivity contribution in [3.05, 3.63) is 84.4 Å². The van der Waals surface area contributed by atoms with E-state index in [4.69, 9.17) is 33.3 Å². The highest BCUT2D eigenvalue weighted by molar-refractivity contribution is 6.10. The molecule has 5 N–H and O–H groups in total. The minimum absolute atomic E-state index is 0.0521. The van der Waals surface area contributed by atoms with Gasteiger partial charge in [-0.15, -0.1) is 0 Å². The number of anilines is 6. The largest absolute Gasteiger partial charge is 0.422 e. The van der Waals surface area contributed by atoms with Gasteiger partial charge in [0.2, 0.25) is 11.3 Å². The lowest BCUT2D eigenvalue weighted by Crippen LogP contribution is -2.57. The maximum Gasteiger partial charge on any atom is 0.297 e. The topological polar surface area (TPSA) is 270 Å². The predicted molar refractivity (Wildman–Crippen MR) is 268 cm³/mol. The molecule has 2 amide bonds. The first-order valence-corrected chi connectivity index (χ1v) is 24.3. The van der Waals surface area contributed by atoms with E-state index in [1.54, 1.807) is 46.0 Å². The average molecular weight is 992 g/mol. The molecular formula is C49H53N17O7. The summed E-state index contributed by atoms with van der Waals surface area (Å²) < 4.78 is 26.9. The van der Waals surface area contributed by atoms with E-state index >= 15 is 0 Å². The molecule has 4 fully saturated rings. The van der Waals surface area contributed by atoms with Gasteiger partial charge >= 0.3 is 0 Å². The van der Waals surface area contributed by atoms with Crippen LogP contribution in [0.5, 0.6) is 0 Å². The summed E-state index contributed by atoms with van der Waals surface area (Å²) in [5, 5.41) is 30.1. The molecule has 4 aliphatic heterocycles. The second-order valence-electron chi connectivity index (χ2n) is 19.2. The zero-order valence-electron chi connectivity index (χ0n) is 40.2. The number of ether oxygens (including phenoxy) is 2. The minimum atomic E-state index is -0.384. The highest BCUT2D eigenvalue weighted by Crippen LogP contribution is 2.42. The van der Waals surface area contributed by atoms with Crippen LogP contribution in [0.15, 0.2) is 82.2 Å². The number of aliphatic hydroxyl groups excluding tert-OH is 1. The van der Waals surface area contributed by atoms with E-state index < -0.39 is 0 Å². The number of fused-ring (bicyclic) bond motifs is 3. The van der Waals surface area contributed by atoms with Crippen LogP contribution in [-0.4, -0.2) is 157 Å². The molecule has 24 nitrogen and oxygen atoms in total. The normalized spacial score (nSPS) is 18.2. The molecule has 0 radical (unpaired) electrons. The standard InChI is InChI=1S/C49H53N17O7/c1-62-19-31-22-64(23-32(31)20-62)43-33(15-37-41(58-43)60-47(72-37)50-10-12-67)45(68)56-40-8-4-6-36(55-40)30-18-53-66(24-30)28-71-14-11-51-48-61-42-38(73-48)16-34(44(59-42)65-25-49(26-65)9-13-70-27-49)46(69)57-39-7-3-5-35(54-39)29-17-52-63(2)21-29/h3-8,15-18,21,24,31-32,67H,9-14,19-20,22-23,25-28H2,1-2H3,(H,50,58,60)(H,51,59,61)(H,54,57,69)(H,55,56,68). The molecule has 8 aromatic heterocycles. The lowest BCUT2D eigenvalue weighted by Gasteiger charge is -2.48. The highest BCUT2D eigenvalue weighted by Gasteiger charge is 2.47. The first kappa shape index (κ1) is 46.0. The number of carbonyl (C=O) groups is 2. The first-order valence-electron chi connectivity index (χ1n) is 24.3. The van der Waals surface area contributed by atoms with Gasteiger partial charge in [0, 0.05) is 107 Å². The van der Waals surface area contributed by atoms with Crippen LogP contribution in [0.1, 0.15) is 27.1 Å². The molecule has 2 unspecified atom stereocenters. The lowest BCUT2D eigenvalue weighted by molar-refractivity contribution is 0.0763. The lowest BCUT2D eigenvalue weighted by atomic mass is 9.79. The van der Waals surface area contributed by atoms with Crippen molar-refractivity contribution >= 4 is 69.6 Å². The molecule has 4 saturated heterocycles. The van der Waals surface area contributed by atoms with E-state index in [1.165, 1.54) is 0 Å². The van der Waals surface area contributed by atoms with Crippen LogP contribution in [0, 0.1) is 17.3 Å². The van der Waals surface area contributed by atoms with Crippen molar-refractivity contribution in [2.45, 2.75) is 13.2 Å². The fourth-order valence-electron chi connectivity index (χ4n) is 10.3. The average Bonchev–Trinajstić information content (AvgIpc) is 4.25. The maximum atomic E-state index is 14.1. The Morgan fingerprint density at radius 3 is 1.93 bits per heavy atom. The number of aromatic nitrogens is 10. The Bertz CT molecular complexity index is 3320. The molecule has 12 heterocycles. The van der Waals surface area contributed by atoms with E-state index in [1.807, 2.05) is 43.7 Å². The van der Waals surface area contributed by atoms with E-state index in [9.17, 15) is 14.7 Å². The van der Waals surface area contributed by atoms with Gasteiger partial charge in [-0.25, -0.2) is 24.6 Å². The van der Waals surface area contributed by atoms with Crippen LogP contribution in [0.3, 0.4) is 0 Å². The van der Waals surface area contributed by atoms with Gasteiger partial charge in [0.1, 0.15) is 30.0 Å². The monoisotopic (exact) mass is 991 g/mol. The number of nitrogens with zero attached hydrogens (tertiary/aromatic N) is 13. The second kappa shape index (κ2) is 19.2. The quantitative estimate of drug-likeness (QED) is 0.0806. The van der Waals surface area contributed by atoms with E-state index in [0.29, 0.717) is 106 Å². The van der Waals surface area contributed by atoms with Crippen molar-refractivity contribution in [1.82, 2.24) is 54.4 Å². The van der Waals surface area contributed by atoms with Gasteiger partial charge in [-0.1, -0.05) is 12.1 Å². The molecule has 0 bridgehead atoms. The number of hydrogen-bond donors (Lipinski definition) is 5. The number of amides is 2. The fraction of sp³-hybridized carbons (Fsp3) is 0.388. The summed E-state index contributed by atoms with van der Waals surface area (Å²) in [6.07, 6.45) is 8.05. The van der Waals surface area contributed by atoms with Crippen molar-refractivity contribution in [1.29, 1.82) is 0 Å². The molecule has 8 aromatic rings. The van der Waals surface area contributed by atoms with E-state index in [0.717, 1.165) is 50.3 Å². The van der Waals surface area contributed by atoms with E-state index in [2.05, 4.69) is 68.2 Å². The summed E-state index contributed by atoms with van der Waals surface area (Å²) in [7, 11) is 3.98. The molecule has 4 aliphatic rings. The van der Waals surface area contributed by atoms with E-state index in [-0.39, 0.29) is 55.7 Å². The van der Waals surface area contributed by atoms with Crippen LogP contribution in [0.4, 0.5) is 35.3 Å². The Labute approximate surface area is 417 Å². The molecule has 12 rings (SSSR count). The predicted octanol–water partition coefficient (Wildman–Crippen LogP) is 4.03. The summed E-state index contributed by atoms with van der Waals surface area (Å²) in [5.74, 6) is 2.01. The van der Waals surface area contributed by atoms with Gasteiger partial charge in [-0.3, -0.25) is 14.3 Å². The zero-order chi connectivity index (χ0) is 49.6. The van der Waals surface area contributed by atoms with Crippen molar-refractivity contribution in [3.63, 3.8) is 0 Å². The van der Waals surface area contributed by atoms with Gasteiger partial charge in [-0.2, -0.15) is 20.2 Å². The van der Waals surface area contributed by atoms with Gasteiger partial charge in [-0.05, 0) is 49.6 Å². The summed E-state index contributed by atoms with van der Waals surface area (Å²) in [4.78, 5) is 62.9. The molecule has 2 atom stereocenters. The number of aliphatic hydroxyl groups is 1. The second-order valence-corrected chi connectivity index (χ2v) is 19.2. The molecule has 0 aliphatic carbocycles. The van der Waals surface area contributed by atoms with Crippen LogP contribution in [0.25, 0.3) is 45.0 Å². The summed E-state index contributed by atoms with van der Waals surface area (Å²) in [6.45, 7) is 7.36. The summed E-state index contributed by atoms with van der Waals surface area (Å²) >= 11 is 0. The number of nitrogens with one attached hydrogen (secondary N) is 4. The number of pyridine rings is 4. The van der Waals surface area contributed by atoms with Crippen LogP contribution >= 0.6 is 0 Å². The summed E-state index contributed by atoms with van der Waals surface area (Å²) in [6, 6.07) is 14.6. The van der Waals surface area contributed by atoms with Gasteiger partial charge in [0.25, 0.3) is 23.8 Å². The minimum Gasteiger partial charge on any atom is -0.422 e. The number of carbonyl (C=O) groups excluding carboxylic acids is 2. The van der Waals surface area contributed by atoms with Crippen molar-refractivity contribution in [2.24, 2.45) is 24.3 Å². The Morgan fingerprint density at radius 1 is 0.740 bits per heavy atom.